The van der Waals surface area contributed by atoms with Crippen LogP contribution in [0.2, 0.25) is 0 Å². The molecule has 0 aliphatic rings. The average Bonchev–Trinajstić information content (AvgIpc) is 2.45. The van der Waals surface area contributed by atoms with E-state index in [1.807, 2.05) is 0 Å². The first-order chi connectivity index (χ1) is 10.2. The number of unbranched alkanes of at least 4 members (excludes halogenated alkanes) is 6. The summed E-state index contributed by atoms with van der Waals surface area (Å²) in [5.41, 5.74) is 0. The van der Waals surface area contributed by atoms with Crippen LogP contribution >= 0.6 is 0 Å². The number of carbonyl (C=O) groups is 2. The van der Waals surface area contributed by atoms with Gasteiger partial charge in [0, 0.05) is 13.3 Å². The molecule has 0 radical (unpaired) electrons. The van der Waals surface area contributed by atoms with Gasteiger partial charge in [0.05, 0.1) is 13.2 Å². The smallest absolute Gasteiger partial charge is 0.305 e. The Balaban J connectivity index is 3.18. The molecule has 0 aliphatic carbocycles. The maximum Gasteiger partial charge on any atom is 0.305 e. The lowest BCUT2D eigenvalue weighted by molar-refractivity contribution is -0.145. The molecule has 0 atom stereocenters. The molecule has 0 fully saturated rings. The van der Waals surface area contributed by atoms with E-state index in [-0.39, 0.29) is 25.2 Å². The molecule has 0 unspecified atom stereocenters. The minimum absolute atomic E-state index is 0.160. The van der Waals surface area contributed by atoms with Crippen molar-refractivity contribution in [2.75, 3.05) is 26.4 Å². The van der Waals surface area contributed by atoms with Crippen molar-refractivity contribution >= 4 is 11.9 Å². The van der Waals surface area contributed by atoms with Gasteiger partial charge in [-0.25, -0.2) is 0 Å². The summed E-state index contributed by atoms with van der Waals surface area (Å²) in [5.74, 6) is -0.480. The number of hydrogen-bond acceptors (Lipinski definition) is 5. The summed E-state index contributed by atoms with van der Waals surface area (Å²) in [6.45, 7) is 4.72. The third-order valence-electron chi connectivity index (χ3n) is 3.01. The molecule has 0 saturated heterocycles. The molecule has 5 heteroatoms. The molecule has 0 N–H and O–H groups in total. The second kappa shape index (κ2) is 15.3. The largest absolute Gasteiger partial charge is 0.463 e. The van der Waals surface area contributed by atoms with Gasteiger partial charge in [0.2, 0.25) is 0 Å². The van der Waals surface area contributed by atoms with Crippen LogP contribution in [-0.2, 0) is 23.8 Å². The molecule has 124 valence electrons. The van der Waals surface area contributed by atoms with Crippen molar-refractivity contribution < 1.29 is 23.8 Å². The van der Waals surface area contributed by atoms with Crippen LogP contribution in [0.5, 0.6) is 0 Å². The fourth-order valence-electron chi connectivity index (χ4n) is 1.86. The van der Waals surface area contributed by atoms with E-state index in [0.29, 0.717) is 19.6 Å². The van der Waals surface area contributed by atoms with Gasteiger partial charge in [-0.3, -0.25) is 9.59 Å². The van der Waals surface area contributed by atoms with Crippen LogP contribution in [0.1, 0.15) is 65.2 Å². The minimum Gasteiger partial charge on any atom is -0.463 e. The summed E-state index contributed by atoms with van der Waals surface area (Å²) < 4.78 is 14.9. The first-order valence-corrected chi connectivity index (χ1v) is 8.03. The molecule has 0 aromatic heterocycles. The molecule has 0 saturated carbocycles. The lowest BCUT2D eigenvalue weighted by Gasteiger charge is -2.06. The van der Waals surface area contributed by atoms with Crippen molar-refractivity contribution in [1.29, 1.82) is 0 Å². The van der Waals surface area contributed by atoms with Crippen LogP contribution in [-0.4, -0.2) is 38.4 Å². The quantitative estimate of drug-likeness (QED) is 0.364. The first kappa shape index (κ1) is 19.9. The monoisotopic (exact) mass is 302 g/mol. The van der Waals surface area contributed by atoms with Crippen LogP contribution < -0.4 is 0 Å². The van der Waals surface area contributed by atoms with Gasteiger partial charge in [-0.05, 0) is 6.42 Å². The van der Waals surface area contributed by atoms with Crippen molar-refractivity contribution in [2.45, 2.75) is 65.2 Å². The SMILES string of the molecule is CCCCCCCCCC(=O)OCCOCCOC(C)=O. The van der Waals surface area contributed by atoms with Gasteiger partial charge < -0.3 is 14.2 Å². The topological polar surface area (TPSA) is 61.8 Å². The number of carbonyl (C=O) groups excluding carboxylic acids is 2. The second-order valence-electron chi connectivity index (χ2n) is 5.04. The molecule has 0 aliphatic heterocycles. The predicted octanol–water partition coefficient (Wildman–Crippen LogP) is 3.25. The second-order valence-corrected chi connectivity index (χ2v) is 5.04. The molecular formula is C16H30O5. The summed E-state index contributed by atoms with van der Waals surface area (Å²) in [5, 5.41) is 0. The number of ether oxygens (including phenoxy) is 3. The van der Waals surface area contributed by atoms with Crippen LogP contribution in [0.4, 0.5) is 0 Å². The highest BCUT2D eigenvalue weighted by molar-refractivity contribution is 5.69. The summed E-state index contributed by atoms with van der Waals surface area (Å²) in [4.78, 5) is 21.9. The molecule has 0 heterocycles. The van der Waals surface area contributed by atoms with E-state index in [4.69, 9.17) is 14.2 Å². The van der Waals surface area contributed by atoms with E-state index in [9.17, 15) is 9.59 Å². The summed E-state index contributed by atoms with van der Waals surface area (Å²) in [6, 6.07) is 0. The van der Waals surface area contributed by atoms with Gasteiger partial charge in [0.15, 0.2) is 0 Å². The van der Waals surface area contributed by atoms with E-state index < -0.39 is 0 Å². The van der Waals surface area contributed by atoms with Gasteiger partial charge >= 0.3 is 11.9 Å². The zero-order valence-electron chi connectivity index (χ0n) is 13.5. The van der Waals surface area contributed by atoms with E-state index >= 15 is 0 Å². The Morgan fingerprint density at radius 1 is 0.762 bits per heavy atom. The Labute approximate surface area is 128 Å². The van der Waals surface area contributed by atoms with Crippen molar-refractivity contribution in [2.24, 2.45) is 0 Å². The number of rotatable bonds is 14. The van der Waals surface area contributed by atoms with E-state index in [1.165, 1.54) is 39.0 Å². The number of hydrogen-bond donors (Lipinski definition) is 0. The summed E-state index contributed by atoms with van der Waals surface area (Å²) in [7, 11) is 0. The van der Waals surface area contributed by atoms with Crippen molar-refractivity contribution in [3.05, 3.63) is 0 Å². The molecule has 0 aromatic rings. The van der Waals surface area contributed by atoms with Crippen LogP contribution in [0, 0.1) is 0 Å². The van der Waals surface area contributed by atoms with E-state index in [2.05, 4.69) is 6.92 Å². The van der Waals surface area contributed by atoms with Gasteiger partial charge in [-0.1, -0.05) is 45.4 Å². The first-order valence-electron chi connectivity index (χ1n) is 8.03. The maximum absolute atomic E-state index is 11.4. The zero-order valence-corrected chi connectivity index (χ0v) is 13.5. The third-order valence-corrected chi connectivity index (χ3v) is 3.01. The molecular weight excluding hydrogens is 272 g/mol. The number of esters is 2. The van der Waals surface area contributed by atoms with Crippen molar-refractivity contribution in [3.8, 4) is 0 Å². The lowest BCUT2D eigenvalue weighted by atomic mass is 10.1. The Hall–Kier alpha value is -1.10. The highest BCUT2D eigenvalue weighted by Crippen LogP contribution is 2.08. The predicted molar refractivity (Wildman–Crippen MR) is 81.0 cm³/mol. The van der Waals surface area contributed by atoms with E-state index in [0.717, 1.165) is 12.8 Å². The molecule has 21 heavy (non-hydrogen) atoms. The summed E-state index contributed by atoms with van der Waals surface area (Å²) in [6.07, 6.45) is 8.81. The Morgan fingerprint density at radius 3 is 1.95 bits per heavy atom. The van der Waals surface area contributed by atoms with Crippen molar-refractivity contribution in [3.63, 3.8) is 0 Å². The van der Waals surface area contributed by atoms with Gasteiger partial charge in [0.25, 0.3) is 0 Å². The average molecular weight is 302 g/mol. The molecule has 0 amide bonds. The fourth-order valence-corrected chi connectivity index (χ4v) is 1.86. The van der Waals surface area contributed by atoms with E-state index in [1.54, 1.807) is 0 Å². The lowest BCUT2D eigenvalue weighted by Crippen LogP contribution is -2.13. The highest BCUT2D eigenvalue weighted by atomic mass is 16.6. The fraction of sp³-hybridized carbons (Fsp3) is 0.875. The zero-order chi connectivity index (χ0) is 15.8. The maximum atomic E-state index is 11.4. The van der Waals surface area contributed by atoms with Crippen LogP contribution in [0.3, 0.4) is 0 Å². The van der Waals surface area contributed by atoms with Crippen molar-refractivity contribution in [1.82, 2.24) is 0 Å². The standard InChI is InChI=1S/C16H30O5/c1-3-4-5-6-7-8-9-10-16(18)21-14-12-19-11-13-20-15(2)17/h3-14H2,1-2H3. The van der Waals surface area contributed by atoms with Gasteiger partial charge in [0.1, 0.15) is 13.2 Å². The van der Waals surface area contributed by atoms with Crippen LogP contribution in [0.15, 0.2) is 0 Å². The molecule has 0 spiro atoms. The highest BCUT2D eigenvalue weighted by Gasteiger charge is 2.02. The van der Waals surface area contributed by atoms with Crippen LogP contribution in [0.25, 0.3) is 0 Å². The molecule has 0 aromatic carbocycles. The van der Waals surface area contributed by atoms with Gasteiger partial charge in [-0.15, -0.1) is 0 Å². The molecule has 0 rings (SSSR count). The Morgan fingerprint density at radius 2 is 1.33 bits per heavy atom. The molecule has 5 nitrogen and oxygen atoms in total. The summed E-state index contributed by atoms with van der Waals surface area (Å²) >= 11 is 0. The minimum atomic E-state index is -0.320. The third kappa shape index (κ3) is 16.8. The molecule has 0 bridgehead atoms. The normalized spacial score (nSPS) is 10.4. The Kier molecular flexibility index (Phi) is 14.5. The Bertz CT molecular complexity index is 265. The van der Waals surface area contributed by atoms with Gasteiger partial charge in [-0.2, -0.15) is 0 Å².